The fourth-order valence-corrected chi connectivity index (χ4v) is 9.52. The van der Waals surface area contributed by atoms with E-state index in [0.29, 0.717) is 43.9 Å². The number of H-pyrrole nitrogens is 1. The fraction of sp³-hybridized carbons (Fsp3) is 0.474. The van der Waals surface area contributed by atoms with Gasteiger partial charge < -0.3 is 15.6 Å². The summed E-state index contributed by atoms with van der Waals surface area (Å²) >= 11 is 1.69. The fourth-order valence-electron chi connectivity index (χ4n) is 8.33. The van der Waals surface area contributed by atoms with Gasteiger partial charge in [-0.3, -0.25) is 24.6 Å². The van der Waals surface area contributed by atoms with Gasteiger partial charge in [-0.15, -0.1) is 11.3 Å². The number of nitro benzene ring substituents is 1. The van der Waals surface area contributed by atoms with Crippen LogP contribution in [0.15, 0.2) is 48.5 Å². The Balaban J connectivity index is 1.09. The van der Waals surface area contributed by atoms with Crippen molar-refractivity contribution in [1.82, 2.24) is 20.5 Å². The van der Waals surface area contributed by atoms with Crippen molar-refractivity contribution in [3.05, 3.63) is 85.8 Å². The van der Waals surface area contributed by atoms with Crippen LogP contribution in [0.3, 0.4) is 0 Å². The van der Waals surface area contributed by atoms with Crippen LogP contribution in [0.5, 0.6) is 0 Å². The Morgan fingerprint density at radius 2 is 1.85 bits per heavy atom. The van der Waals surface area contributed by atoms with E-state index in [1.54, 1.807) is 23.5 Å². The Morgan fingerprint density at radius 1 is 1.10 bits per heavy atom. The van der Waals surface area contributed by atoms with E-state index in [9.17, 15) is 19.7 Å². The van der Waals surface area contributed by atoms with Gasteiger partial charge in [0, 0.05) is 66.5 Å². The lowest BCUT2D eigenvalue weighted by molar-refractivity contribution is -0.384. The van der Waals surface area contributed by atoms with Gasteiger partial charge in [0.1, 0.15) is 10.6 Å². The number of carbonyl (C=O) groups is 2. The van der Waals surface area contributed by atoms with Crippen LogP contribution in [-0.2, 0) is 21.5 Å². The van der Waals surface area contributed by atoms with E-state index in [1.165, 1.54) is 22.8 Å². The number of nitrogens with zero attached hydrogens (tertiary/aromatic N) is 2. The zero-order valence-corrected chi connectivity index (χ0v) is 29.2. The van der Waals surface area contributed by atoms with Crippen molar-refractivity contribution in [2.75, 3.05) is 26.2 Å². The number of ketones is 1. The number of Topliss-reactive ketones (excluding diaryl/α,β-unsaturated/α-hetero) is 1. The highest BCUT2D eigenvalue weighted by Gasteiger charge is 2.50. The third kappa shape index (κ3) is 5.99. The van der Waals surface area contributed by atoms with Crippen LogP contribution in [-0.4, -0.2) is 58.7 Å². The Morgan fingerprint density at radius 3 is 2.50 bits per heavy atom. The normalized spacial score (nSPS) is 21.8. The lowest BCUT2D eigenvalue weighted by Gasteiger charge is -2.38. The number of fused-ring (bicyclic) bond motifs is 3. The summed E-state index contributed by atoms with van der Waals surface area (Å²) in [4.78, 5) is 46.1. The molecule has 9 nitrogen and oxygen atoms in total. The molecule has 2 bridgehead atoms. The Hall–Kier alpha value is -3.86. The van der Waals surface area contributed by atoms with Crippen molar-refractivity contribution < 1.29 is 14.5 Å². The number of aromatic amines is 1. The molecule has 1 aliphatic carbocycles. The van der Waals surface area contributed by atoms with E-state index in [4.69, 9.17) is 0 Å². The monoisotopic (exact) mass is 667 g/mol. The highest BCUT2D eigenvalue weighted by atomic mass is 32.1. The Kier molecular flexibility index (Phi) is 8.54. The highest BCUT2D eigenvalue weighted by Crippen LogP contribution is 2.46. The summed E-state index contributed by atoms with van der Waals surface area (Å²) in [7, 11) is 0. The zero-order chi connectivity index (χ0) is 33.9. The number of thiophene rings is 1. The smallest absolute Gasteiger partial charge is 0.269 e. The Bertz CT molecular complexity index is 1860. The molecule has 4 aromatic rings. The van der Waals surface area contributed by atoms with Crippen LogP contribution >= 0.6 is 11.3 Å². The number of benzene rings is 2. The molecule has 1 amide bonds. The summed E-state index contributed by atoms with van der Waals surface area (Å²) in [5, 5.41) is 19.1. The van der Waals surface area contributed by atoms with Crippen LogP contribution in [0.25, 0.3) is 21.5 Å². The van der Waals surface area contributed by atoms with Gasteiger partial charge in [-0.2, -0.15) is 0 Å². The first-order valence-corrected chi connectivity index (χ1v) is 18.0. The second kappa shape index (κ2) is 12.5. The molecule has 252 valence electrons. The SMILES string of the molecule is Cc1cc(C)cc(-c2[nH]c3sc(C(C)(C)C(=O)C4C5CCC4NC5)cc3c2[C@H](C)CNC(=O)C2CN(Cc3cccc([N+](=O)[O-])c3)C2)c1. The summed E-state index contributed by atoms with van der Waals surface area (Å²) in [6.45, 7) is 13.9. The topological polar surface area (TPSA) is 120 Å². The van der Waals surface area contributed by atoms with Crippen LogP contribution in [0, 0.1) is 41.7 Å². The minimum absolute atomic E-state index is 0.0238. The molecule has 10 heteroatoms. The second-order valence-electron chi connectivity index (χ2n) is 15.0. The van der Waals surface area contributed by atoms with E-state index in [2.05, 4.69) is 79.4 Å². The van der Waals surface area contributed by atoms with Gasteiger partial charge in [0.05, 0.1) is 22.0 Å². The van der Waals surface area contributed by atoms with E-state index in [-0.39, 0.29) is 34.3 Å². The summed E-state index contributed by atoms with van der Waals surface area (Å²) in [6, 6.07) is 15.8. The molecule has 4 heterocycles. The molecule has 3 N–H and O–H groups in total. The van der Waals surface area contributed by atoms with Crippen LogP contribution in [0.2, 0.25) is 0 Å². The number of piperidine rings is 1. The highest BCUT2D eigenvalue weighted by molar-refractivity contribution is 7.19. The van der Waals surface area contributed by atoms with Gasteiger partial charge in [-0.05, 0) is 87.9 Å². The molecule has 3 unspecified atom stereocenters. The first-order valence-electron chi connectivity index (χ1n) is 17.1. The first kappa shape index (κ1) is 32.7. The number of nitro groups is 1. The summed E-state index contributed by atoms with van der Waals surface area (Å²) in [5.41, 5.74) is 6.14. The number of hydrogen-bond donors (Lipinski definition) is 3. The molecule has 2 aliphatic heterocycles. The van der Waals surface area contributed by atoms with Crippen molar-refractivity contribution in [1.29, 1.82) is 0 Å². The second-order valence-corrected chi connectivity index (χ2v) is 16.0. The molecular weight excluding hydrogens is 623 g/mol. The molecule has 3 aliphatic rings. The van der Waals surface area contributed by atoms with Crippen LogP contribution in [0.1, 0.15) is 66.7 Å². The number of rotatable bonds is 11. The van der Waals surface area contributed by atoms with Crippen molar-refractivity contribution in [3.8, 4) is 11.3 Å². The maximum absolute atomic E-state index is 14.0. The summed E-state index contributed by atoms with van der Waals surface area (Å²) in [5.74, 6) is 0.837. The van der Waals surface area contributed by atoms with E-state index >= 15 is 0 Å². The molecule has 1 saturated carbocycles. The number of carbonyl (C=O) groups excluding carboxylic acids is 2. The number of aryl methyl sites for hydroxylation is 2. The van der Waals surface area contributed by atoms with Crippen molar-refractivity contribution in [2.24, 2.45) is 17.8 Å². The van der Waals surface area contributed by atoms with Gasteiger partial charge in [-0.1, -0.05) is 36.2 Å². The molecule has 2 aromatic heterocycles. The van der Waals surface area contributed by atoms with E-state index in [1.807, 2.05) is 6.07 Å². The molecule has 2 saturated heterocycles. The van der Waals surface area contributed by atoms with Gasteiger partial charge in [0.25, 0.3) is 5.69 Å². The van der Waals surface area contributed by atoms with Crippen LogP contribution < -0.4 is 10.6 Å². The number of amides is 1. The maximum Gasteiger partial charge on any atom is 0.269 e. The molecule has 0 spiro atoms. The average molecular weight is 668 g/mol. The van der Waals surface area contributed by atoms with E-state index in [0.717, 1.165) is 51.3 Å². The summed E-state index contributed by atoms with van der Waals surface area (Å²) in [6.07, 6.45) is 2.23. The third-order valence-electron chi connectivity index (χ3n) is 10.9. The minimum Gasteiger partial charge on any atom is -0.355 e. The zero-order valence-electron chi connectivity index (χ0n) is 28.4. The number of non-ortho nitro benzene ring substituents is 1. The number of hydrogen-bond acceptors (Lipinski definition) is 7. The molecule has 7 rings (SSSR count). The largest absolute Gasteiger partial charge is 0.355 e. The average Bonchev–Trinajstić information content (AvgIpc) is 3.81. The van der Waals surface area contributed by atoms with Gasteiger partial charge in [0.15, 0.2) is 0 Å². The summed E-state index contributed by atoms with van der Waals surface area (Å²) < 4.78 is 0. The van der Waals surface area contributed by atoms with Crippen molar-refractivity contribution >= 4 is 38.9 Å². The number of aromatic nitrogens is 1. The quantitative estimate of drug-likeness (QED) is 0.122. The predicted octanol–water partition coefficient (Wildman–Crippen LogP) is 6.62. The van der Waals surface area contributed by atoms with Crippen molar-refractivity contribution in [3.63, 3.8) is 0 Å². The first-order chi connectivity index (χ1) is 22.9. The van der Waals surface area contributed by atoms with Gasteiger partial charge >= 0.3 is 0 Å². The lowest BCUT2D eigenvalue weighted by Crippen LogP contribution is -2.53. The van der Waals surface area contributed by atoms with Crippen LogP contribution in [0.4, 0.5) is 5.69 Å². The third-order valence-corrected chi connectivity index (χ3v) is 12.3. The molecular formula is C38H45N5O4S. The van der Waals surface area contributed by atoms with Crippen molar-refractivity contribution in [2.45, 2.75) is 71.4 Å². The van der Waals surface area contributed by atoms with Gasteiger partial charge in [0.2, 0.25) is 5.91 Å². The maximum atomic E-state index is 14.0. The Labute approximate surface area is 285 Å². The standard InChI is InChI=1S/C38H45N5O4S/c1-21-11-22(2)13-26(12-21)34-32(23(3)16-40-36(45)27-19-42(20-27)18-24-7-6-8-28(14-24)43(46)47)29-15-31(48-37(29)41-34)38(4,5)35(44)33-25-9-10-30(33)39-17-25/h6-8,11-15,23,25,27,30,33,39,41H,9-10,16-20H2,1-5H3,(H,40,45)/t23-,25?,30?,33?/m1/s1. The molecule has 3 fully saturated rings. The lowest BCUT2D eigenvalue weighted by atomic mass is 9.76. The van der Waals surface area contributed by atoms with E-state index < -0.39 is 5.41 Å². The number of likely N-dealkylation sites (tertiary alicyclic amines) is 1. The molecule has 4 atom stereocenters. The number of nitrogens with one attached hydrogen (secondary N) is 3. The molecule has 0 radical (unpaired) electrons. The van der Waals surface area contributed by atoms with Gasteiger partial charge in [-0.25, -0.2) is 0 Å². The minimum atomic E-state index is -0.586. The molecule has 48 heavy (non-hydrogen) atoms. The molecule has 2 aromatic carbocycles. The predicted molar refractivity (Wildman–Crippen MR) is 190 cm³/mol.